The molecule has 0 fully saturated rings. The number of nitrogens with zero attached hydrogens (tertiary/aromatic N) is 5. The molecule has 1 aromatic carbocycles. The molecule has 9 heteroatoms. The minimum absolute atomic E-state index is 0.0982. The van der Waals surface area contributed by atoms with Gasteiger partial charge in [-0.15, -0.1) is 0 Å². The lowest BCUT2D eigenvalue weighted by Crippen LogP contribution is -2.17. The van der Waals surface area contributed by atoms with E-state index in [0.717, 1.165) is 23.1 Å². The average molecular weight is 354 g/mol. The van der Waals surface area contributed by atoms with Crippen LogP contribution in [0, 0.1) is 24.0 Å². The van der Waals surface area contributed by atoms with Crippen molar-refractivity contribution >= 4 is 17.3 Å². The summed E-state index contributed by atoms with van der Waals surface area (Å²) in [6.45, 7) is 4.48. The summed E-state index contributed by atoms with van der Waals surface area (Å²) in [5, 5.41) is 21.9. The van der Waals surface area contributed by atoms with E-state index < -0.39 is 10.8 Å². The van der Waals surface area contributed by atoms with Crippen LogP contribution in [0.2, 0.25) is 0 Å². The third-order valence-corrected chi connectivity index (χ3v) is 3.95. The monoisotopic (exact) mass is 354 g/mol. The van der Waals surface area contributed by atoms with E-state index >= 15 is 0 Å². The molecule has 0 unspecified atom stereocenters. The van der Waals surface area contributed by atoms with E-state index in [1.165, 1.54) is 11.7 Å². The SMILES string of the molecule is Cc1cc(C)n(Cc2cccc(NC(=O)c3c([N+](=O)[O-])cnn3C)c2)n1. The number of nitrogens with one attached hydrogen (secondary N) is 1. The summed E-state index contributed by atoms with van der Waals surface area (Å²) in [4.78, 5) is 22.9. The topological polar surface area (TPSA) is 108 Å². The number of amides is 1. The molecule has 0 bridgehead atoms. The number of benzene rings is 1. The molecule has 0 atom stereocenters. The minimum Gasteiger partial charge on any atom is -0.320 e. The highest BCUT2D eigenvalue weighted by molar-refractivity contribution is 6.05. The first-order valence-electron chi connectivity index (χ1n) is 7.93. The second-order valence-corrected chi connectivity index (χ2v) is 6.00. The van der Waals surface area contributed by atoms with Crippen molar-refractivity contribution in [3.63, 3.8) is 0 Å². The highest BCUT2D eigenvalue weighted by atomic mass is 16.6. The van der Waals surface area contributed by atoms with E-state index in [9.17, 15) is 14.9 Å². The molecule has 0 spiro atoms. The molecule has 1 amide bonds. The predicted octanol–water partition coefficient (Wildman–Crippen LogP) is 2.44. The van der Waals surface area contributed by atoms with Crippen LogP contribution in [0.25, 0.3) is 0 Å². The molecule has 0 saturated carbocycles. The molecular weight excluding hydrogens is 336 g/mol. The zero-order valence-corrected chi connectivity index (χ0v) is 14.6. The Hall–Kier alpha value is -3.49. The average Bonchev–Trinajstić information content (AvgIpc) is 3.10. The van der Waals surface area contributed by atoms with Gasteiger partial charge in [0.25, 0.3) is 5.91 Å². The quantitative estimate of drug-likeness (QED) is 0.559. The summed E-state index contributed by atoms with van der Waals surface area (Å²) in [6.07, 6.45) is 1.06. The molecule has 26 heavy (non-hydrogen) atoms. The summed E-state index contributed by atoms with van der Waals surface area (Å²) in [6, 6.07) is 9.28. The summed E-state index contributed by atoms with van der Waals surface area (Å²) in [5.41, 5.74) is 3.05. The molecule has 0 radical (unpaired) electrons. The zero-order chi connectivity index (χ0) is 18.8. The highest BCUT2D eigenvalue weighted by Gasteiger charge is 2.25. The molecule has 0 saturated heterocycles. The maximum absolute atomic E-state index is 12.5. The van der Waals surface area contributed by atoms with Crippen LogP contribution in [0.15, 0.2) is 36.5 Å². The summed E-state index contributed by atoms with van der Waals surface area (Å²) >= 11 is 0. The van der Waals surface area contributed by atoms with Gasteiger partial charge in [-0.05, 0) is 37.6 Å². The largest absolute Gasteiger partial charge is 0.320 e. The number of hydrogen-bond donors (Lipinski definition) is 1. The van der Waals surface area contributed by atoms with E-state index in [1.807, 2.05) is 42.8 Å². The Morgan fingerprint density at radius 2 is 2.08 bits per heavy atom. The maximum atomic E-state index is 12.5. The van der Waals surface area contributed by atoms with Gasteiger partial charge < -0.3 is 5.32 Å². The Morgan fingerprint density at radius 3 is 2.73 bits per heavy atom. The van der Waals surface area contributed by atoms with Crippen LogP contribution in [0.3, 0.4) is 0 Å². The van der Waals surface area contributed by atoms with Crippen molar-refractivity contribution in [2.75, 3.05) is 5.32 Å². The van der Waals surface area contributed by atoms with Crippen LogP contribution >= 0.6 is 0 Å². The maximum Gasteiger partial charge on any atom is 0.320 e. The number of carbonyl (C=O) groups is 1. The molecule has 0 aliphatic heterocycles. The lowest BCUT2D eigenvalue weighted by atomic mass is 10.2. The second kappa shape index (κ2) is 6.79. The number of rotatable bonds is 5. The Kier molecular flexibility index (Phi) is 4.53. The van der Waals surface area contributed by atoms with Crippen molar-refractivity contribution < 1.29 is 9.72 Å². The van der Waals surface area contributed by atoms with Gasteiger partial charge in [0, 0.05) is 18.4 Å². The highest BCUT2D eigenvalue weighted by Crippen LogP contribution is 2.19. The van der Waals surface area contributed by atoms with Gasteiger partial charge in [-0.25, -0.2) is 0 Å². The molecule has 3 rings (SSSR count). The van der Waals surface area contributed by atoms with E-state index in [4.69, 9.17) is 0 Å². The first-order valence-corrected chi connectivity index (χ1v) is 7.93. The first-order chi connectivity index (χ1) is 12.3. The third-order valence-electron chi connectivity index (χ3n) is 3.95. The number of carbonyl (C=O) groups excluding carboxylic acids is 1. The van der Waals surface area contributed by atoms with Crippen molar-refractivity contribution in [1.29, 1.82) is 0 Å². The zero-order valence-electron chi connectivity index (χ0n) is 14.6. The minimum atomic E-state index is -0.624. The van der Waals surface area contributed by atoms with Gasteiger partial charge in [0.15, 0.2) is 0 Å². The fourth-order valence-electron chi connectivity index (χ4n) is 2.77. The predicted molar refractivity (Wildman–Crippen MR) is 95.1 cm³/mol. The number of nitro groups is 1. The standard InChI is InChI=1S/C17H18N6O3/c1-11-7-12(2)22(20-11)10-13-5-4-6-14(8-13)19-17(24)16-15(23(25)26)9-18-21(16)3/h4-9H,10H2,1-3H3,(H,19,24). The molecule has 2 heterocycles. The van der Waals surface area contributed by atoms with E-state index in [-0.39, 0.29) is 11.4 Å². The van der Waals surface area contributed by atoms with E-state index in [2.05, 4.69) is 15.5 Å². The first kappa shape index (κ1) is 17.3. The molecule has 1 N–H and O–H groups in total. The van der Waals surface area contributed by atoms with Crippen molar-refractivity contribution in [2.45, 2.75) is 20.4 Å². The Labute approximate surface area is 149 Å². The van der Waals surface area contributed by atoms with E-state index in [1.54, 1.807) is 6.07 Å². The molecular formula is C17H18N6O3. The molecule has 2 aromatic heterocycles. The smallest absolute Gasteiger partial charge is 0.320 e. The van der Waals surface area contributed by atoms with Gasteiger partial charge in [0.05, 0.1) is 17.2 Å². The second-order valence-electron chi connectivity index (χ2n) is 6.00. The lowest BCUT2D eigenvalue weighted by molar-refractivity contribution is -0.385. The van der Waals surface area contributed by atoms with Crippen LogP contribution in [0.4, 0.5) is 11.4 Å². The molecule has 134 valence electrons. The van der Waals surface area contributed by atoms with E-state index in [0.29, 0.717) is 12.2 Å². The molecule has 3 aromatic rings. The fraction of sp³-hybridized carbons (Fsp3) is 0.235. The Balaban J connectivity index is 1.81. The summed E-state index contributed by atoms with van der Waals surface area (Å²) < 4.78 is 3.06. The van der Waals surface area contributed by atoms with Crippen LogP contribution < -0.4 is 5.32 Å². The van der Waals surface area contributed by atoms with Gasteiger partial charge in [-0.1, -0.05) is 12.1 Å². The summed E-state index contributed by atoms with van der Waals surface area (Å²) in [5.74, 6) is -0.583. The van der Waals surface area contributed by atoms with Crippen LogP contribution in [0.5, 0.6) is 0 Å². The van der Waals surface area contributed by atoms with Crippen molar-refractivity contribution in [3.8, 4) is 0 Å². The van der Waals surface area contributed by atoms with Crippen LogP contribution in [-0.4, -0.2) is 30.4 Å². The summed E-state index contributed by atoms with van der Waals surface area (Å²) in [7, 11) is 1.49. The molecule has 0 aliphatic rings. The van der Waals surface area contributed by atoms with Crippen molar-refractivity contribution in [1.82, 2.24) is 19.6 Å². The molecule has 0 aliphatic carbocycles. The van der Waals surface area contributed by atoms with Gasteiger partial charge in [-0.2, -0.15) is 10.2 Å². The van der Waals surface area contributed by atoms with Crippen LogP contribution in [-0.2, 0) is 13.6 Å². The van der Waals surface area contributed by atoms with Crippen molar-refractivity contribution in [2.24, 2.45) is 7.05 Å². The normalized spacial score (nSPS) is 10.7. The van der Waals surface area contributed by atoms with Gasteiger partial charge in [0.2, 0.25) is 5.69 Å². The lowest BCUT2D eigenvalue weighted by Gasteiger charge is -2.09. The molecule has 9 nitrogen and oxygen atoms in total. The fourth-order valence-corrected chi connectivity index (χ4v) is 2.77. The third kappa shape index (κ3) is 3.46. The Morgan fingerprint density at radius 1 is 1.31 bits per heavy atom. The van der Waals surface area contributed by atoms with Crippen molar-refractivity contribution in [3.05, 3.63) is 69.3 Å². The van der Waals surface area contributed by atoms with Crippen LogP contribution in [0.1, 0.15) is 27.4 Å². The number of aryl methyl sites for hydroxylation is 3. The number of hydrogen-bond acceptors (Lipinski definition) is 5. The number of anilines is 1. The number of aromatic nitrogens is 4. The van der Waals surface area contributed by atoms with Gasteiger partial charge >= 0.3 is 5.69 Å². The van der Waals surface area contributed by atoms with Gasteiger partial charge in [-0.3, -0.25) is 24.3 Å². The van der Waals surface area contributed by atoms with Gasteiger partial charge in [0.1, 0.15) is 6.20 Å². The Bertz CT molecular complexity index is 988.